The van der Waals surface area contributed by atoms with Gasteiger partial charge in [-0.3, -0.25) is 15.0 Å². The topological polar surface area (TPSA) is 90.8 Å². The number of H-pyrrole nitrogens is 1. The van der Waals surface area contributed by atoms with E-state index >= 15 is 0 Å². The molecule has 4 fully saturated rings. The van der Waals surface area contributed by atoms with E-state index in [1.165, 1.54) is 36.1 Å². The Bertz CT molecular complexity index is 1320. The highest BCUT2D eigenvalue weighted by Crippen LogP contribution is 2.45. The molecule has 186 valence electrons. The normalized spacial score (nSPS) is 26.2. The Kier molecular flexibility index (Phi) is 5.58. The lowest BCUT2D eigenvalue weighted by Crippen LogP contribution is -2.47. The van der Waals surface area contributed by atoms with Crippen molar-refractivity contribution in [3.05, 3.63) is 53.1 Å². The van der Waals surface area contributed by atoms with Crippen LogP contribution in [0, 0.1) is 0 Å². The summed E-state index contributed by atoms with van der Waals surface area (Å²) in [6.45, 7) is 8.19. The van der Waals surface area contributed by atoms with Crippen molar-refractivity contribution in [2.24, 2.45) is 9.98 Å². The number of fused-ring (bicyclic) bond motifs is 3. The largest absolute Gasteiger partial charge is 0.374 e. The van der Waals surface area contributed by atoms with E-state index in [2.05, 4.69) is 49.0 Å². The summed E-state index contributed by atoms with van der Waals surface area (Å²) in [6.07, 6.45) is 12.4. The predicted octanol–water partition coefficient (Wildman–Crippen LogP) is 4.05. The van der Waals surface area contributed by atoms with E-state index in [1.807, 2.05) is 18.6 Å². The molecule has 2 bridgehead atoms. The Morgan fingerprint density at radius 3 is 2.81 bits per heavy atom. The summed E-state index contributed by atoms with van der Waals surface area (Å²) >= 11 is 0. The van der Waals surface area contributed by atoms with E-state index in [-0.39, 0.29) is 0 Å². The van der Waals surface area contributed by atoms with Crippen LogP contribution in [0.3, 0.4) is 0 Å². The first-order valence-corrected chi connectivity index (χ1v) is 13.4. The summed E-state index contributed by atoms with van der Waals surface area (Å²) in [5, 5.41) is 4.64. The van der Waals surface area contributed by atoms with Gasteiger partial charge < -0.3 is 19.9 Å². The van der Waals surface area contributed by atoms with Crippen LogP contribution in [0.4, 0.5) is 5.69 Å². The van der Waals surface area contributed by atoms with Crippen LogP contribution in [0.2, 0.25) is 0 Å². The molecule has 0 aromatic carbocycles. The SMILES string of the molecule is C=Nc1cncc(C2CC2)c1/C(=N\Cc1ccnc2[nH]c([C@@H]3C[C@H]4CC[C@@H]3O4)cc12)N1CCNCC1. The Hall–Kier alpha value is -3.10. The number of nitrogens with zero attached hydrogens (tertiary/aromatic N) is 5. The third-order valence-electron chi connectivity index (χ3n) is 8.33. The second kappa shape index (κ2) is 9.09. The third-order valence-corrected chi connectivity index (χ3v) is 8.33. The van der Waals surface area contributed by atoms with E-state index in [1.54, 1.807) is 0 Å². The molecule has 0 radical (unpaired) electrons. The number of aromatic amines is 1. The average Bonchev–Trinajstić information content (AvgIpc) is 3.32. The molecular formula is C28H33N7O. The highest BCUT2D eigenvalue weighted by atomic mass is 16.5. The molecule has 0 spiro atoms. The van der Waals surface area contributed by atoms with Crippen molar-refractivity contribution in [1.29, 1.82) is 0 Å². The number of hydrogen-bond donors (Lipinski definition) is 2. The Labute approximate surface area is 211 Å². The van der Waals surface area contributed by atoms with Crippen LogP contribution in [-0.2, 0) is 11.3 Å². The minimum absolute atomic E-state index is 0.348. The Morgan fingerprint density at radius 2 is 2.06 bits per heavy atom. The van der Waals surface area contributed by atoms with Crippen molar-refractivity contribution in [3.63, 3.8) is 0 Å². The molecule has 1 saturated carbocycles. The van der Waals surface area contributed by atoms with Gasteiger partial charge in [0.2, 0.25) is 0 Å². The molecule has 0 amide bonds. The number of piperazine rings is 1. The fourth-order valence-corrected chi connectivity index (χ4v) is 6.31. The van der Waals surface area contributed by atoms with Crippen molar-refractivity contribution >= 4 is 29.3 Å². The van der Waals surface area contributed by atoms with Crippen molar-refractivity contribution in [2.75, 3.05) is 26.2 Å². The second-order valence-electron chi connectivity index (χ2n) is 10.6. The highest BCUT2D eigenvalue weighted by Gasteiger charge is 2.42. The Morgan fingerprint density at radius 1 is 1.17 bits per heavy atom. The van der Waals surface area contributed by atoms with Crippen LogP contribution in [-0.4, -0.2) is 70.8 Å². The molecule has 8 nitrogen and oxygen atoms in total. The van der Waals surface area contributed by atoms with Crippen LogP contribution in [0.25, 0.3) is 11.0 Å². The molecule has 0 unspecified atom stereocenters. The number of nitrogens with one attached hydrogen (secondary N) is 2. The zero-order valence-electron chi connectivity index (χ0n) is 20.6. The van der Waals surface area contributed by atoms with Gasteiger partial charge in [0.1, 0.15) is 11.5 Å². The lowest BCUT2D eigenvalue weighted by molar-refractivity contribution is 0.100. The molecule has 1 aliphatic carbocycles. The van der Waals surface area contributed by atoms with Gasteiger partial charge in [0.15, 0.2) is 0 Å². The molecule has 7 rings (SSSR count). The predicted molar refractivity (Wildman–Crippen MR) is 141 cm³/mol. The van der Waals surface area contributed by atoms with Crippen LogP contribution in [0.15, 0.2) is 40.7 Å². The second-order valence-corrected chi connectivity index (χ2v) is 10.6. The summed E-state index contributed by atoms with van der Waals surface area (Å²) in [5.41, 5.74) is 6.60. The lowest BCUT2D eigenvalue weighted by atomic mass is 9.87. The summed E-state index contributed by atoms with van der Waals surface area (Å²) in [5.74, 6) is 2.02. The van der Waals surface area contributed by atoms with Crippen LogP contribution >= 0.6 is 0 Å². The number of hydrogen-bond acceptors (Lipinski definition) is 6. The van der Waals surface area contributed by atoms with Gasteiger partial charge in [-0.2, -0.15) is 0 Å². The molecule has 4 aliphatic rings. The molecule has 8 heteroatoms. The Balaban J connectivity index is 1.27. The maximum atomic E-state index is 6.13. The number of aliphatic imine (C=N–C) groups is 2. The molecular weight excluding hydrogens is 450 g/mol. The molecule has 3 aromatic rings. The van der Waals surface area contributed by atoms with Gasteiger partial charge in [-0.25, -0.2) is 4.98 Å². The zero-order chi connectivity index (χ0) is 24.1. The smallest absolute Gasteiger partial charge is 0.137 e. The highest BCUT2D eigenvalue weighted by molar-refractivity contribution is 6.04. The molecule has 2 N–H and O–H groups in total. The van der Waals surface area contributed by atoms with E-state index in [0.717, 1.165) is 67.1 Å². The summed E-state index contributed by atoms with van der Waals surface area (Å²) in [4.78, 5) is 24.8. The van der Waals surface area contributed by atoms with E-state index in [4.69, 9.17) is 9.73 Å². The first-order valence-electron chi connectivity index (χ1n) is 13.4. The van der Waals surface area contributed by atoms with Crippen molar-refractivity contribution in [2.45, 2.75) is 62.7 Å². The average molecular weight is 484 g/mol. The van der Waals surface area contributed by atoms with Gasteiger partial charge in [0.25, 0.3) is 0 Å². The summed E-state index contributed by atoms with van der Waals surface area (Å²) in [7, 11) is 0. The molecule has 3 aromatic heterocycles. The first-order chi connectivity index (χ1) is 17.8. The molecule has 36 heavy (non-hydrogen) atoms. The fourth-order valence-electron chi connectivity index (χ4n) is 6.31. The number of amidine groups is 1. The monoisotopic (exact) mass is 483 g/mol. The van der Waals surface area contributed by atoms with Crippen LogP contribution in [0.1, 0.15) is 66.3 Å². The van der Waals surface area contributed by atoms with E-state index < -0.39 is 0 Å². The summed E-state index contributed by atoms with van der Waals surface area (Å²) < 4.78 is 6.13. The first kappa shape index (κ1) is 22.1. The van der Waals surface area contributed by atoms with Gasteiger partial charge in [-0.15, -0.1) is 0 Å². The maximum Gasteiger partial charge on any atom is 0.137 e. The van der Waals surface area contributed by atoms with Crippen molar-refractivity contribution in [1.82, 2.24) is 25.2 Å². The number of pyridine rings is 2. The van der Waals surface area contributed by atoms with Gasteiger partial charge in [0.05, 0.1) is 30.6 Å². The number of rotatable bonds is 6. The molecule has 3 atom stereocenters. The minimum Gasteiger partial charge on any atom is -0.374 e. The number of aromatic nitrogens is 3. The van der Waals surface area contributed by atoms with Crippen LogP contribution < -0.4 is 5.32 Å². The molecule has 3 aliphatic heterocycles. The molecule has 6 heterocycles. The molecule has 3 saturated heterocycles. The van der Waals surface area contributed by atoms with Crippen molar-refractivity contribution < 1.29 is 4.74 Å². The third kappa shape index (κ3) is 3.92. The van der Waals surface area contributed by atoms with E-state index in [0.29, 0.717) is 30.6 Å². The quantitative estimate of drug-likeness (QED) is 0.408. The fraction of sp³-hybridized carbons (Fsp3) is 0.500. The van der Waals surface area contributed by atoms with E-state index in [9.17, 15) is 0 Å². The van der Waals surface area contributed by atoms with Crippen LogP contribution in [0.5, 0.6) is 0 Å². The zero-order valence-corrected chi connectivity index (χ0v) is 20.6. The standard InChI is InChI=1S/C28H33N7O/c1-29-24-16-31-15-22(17-2-3-17)26(24)28(35-10-8-30-9-11-35)33-14-18-6-7-32-27-20(18)13-23(34-27)21-12-19-4-5-25(21)36-19/h6-7,13,15-17,19,21,25,30H,1-5,8-12,14H2,(H,32,34)/b33-28+/t19-,21+,25+/m1/s1. The minimum atomic E-state index is 0.348. The number of ether oxygens (including phenoxy) is 1. The van der Waals surface area contributed by atoms with Gasteiger partial charge in [-0.05, 0) is 68.0 Å². The van der Waals surface area contributed by atoms with Gasteiger partial charge >= 0.3 is 0 Å². The summed E-state index contributed by atoms with van der Waals surface area (Å²) in [6, 6.07) is 4.41. The van der Waals surface area contributed by atoms with Gasteiger partial charge in [-0.1, -0.05) is 0 Å². The maximum absolute atomic E-state index is 6.13. The van der Waals surface area contributed by atoms with Crippen molar-refractivity contribution in [3.8, 4) is 0 Å². The van der Waals surface area contributed by atoms with Gasteiger partial charge in [0, 0.05) is 61.1 Å². The lowest BCUT2D eigenvalue weighted by Gasteiger charge is -2.32.